The number of methoxy groups -OCH3 is 4. The van der Waals surface area contributed by atoms with E-state index >= 15 is 0 Å². The monoisotopic (exact) mass is 1860 g/mol. The molecule has 32 heteroatoms. The van der Waals surface area contributed by atoms with Gasteiger partial charge in [-0.3, -0.25) is 47.6 Å². The summed E-state index contributed by atoms with van der Waals surface area (Å²) in [5.41, 5.74) is 0. The molecule has 2 aliphatic rings. The van der Waals surface area contributed by atoms with Gasteiger partial charge in [-0.25, -0.2) is 9.13 Å². The van der Waals surface area contributed by atoms with Crippen LogP contribution in [-0.2, 0) is 93.2 Å². The minimum atomic E-state index is -4.33. The molecule has 2 aliphatic heterocycles. The number of rotatable bonds is 76. The first-order chi connectivity index (χ1) is 57.8. The summed E-state index contributed by atoms with van der Waals surface area (Å²) in [5, 5.41) is 22.8. The molecule has 2 amide bonds. The number of hydrogen-bond acceptors (Lipinski definition) is 22. The van der Waals surface area contributed by atoms with Crippen molar-refractivity contribution in [2.75, 3.05) is 81.3 Å². The van der Waals surface area contributed by atoms with E-state index in [9.17, 15) is 18.7 Å². The molecule has 0 aromatic rings. The Bertz CT molecular complexity index is 2600. The van der Waals surface area contributed by atoms with Gasteiger partial charge in [0.1, 0.15) is 48.7 Å². The number of nitrogens with one attached hydrogen (secondary N) is 4. The molecule has 120 heavy (non-hydrogen) atoms. The topological polar surface area (TPSA) is 288 Å². The number of amides is 2. The number of ether oxygens (including phenoxy) is 10. The highest BCUT2D eigenvalue weighted by Gasteiger charge is 2.55. The summed E-state index contributed by atoms with van der Waals surface area (Å²) < 4.78 is 118. The van der Waals surface area contributed by atoms with Crippen LogP contribution >= 0.6 is 85.3 Å². The van der Waals surface area contributed by atoms with Crippen molar-refractivity contribution in [1.29, 1.82) is 10.8 Å². The zero-order valence-electron chi connectivity index (χ0n) is 74.1. The maximum Gasteiger partial charge on any atom is 0.475 e. The minimum absolute atomic E-state index is 0.0990. The van der Waals surface area contributed by atoms with E-state index in [1.807, 2.05) is 0 Å². The molecule has 0 saturated carbocycles. The van der Waals surface area contributed by atoms with Gasteiger partial charge in [-0.1, -0.05) is 313 Å². The number of hydrogen-bond donors (Lipinski definition) is 4. The average Bonchev–Trinajstić information content (AvgIpc) is 0.780. The Labute approximate surface area is 753 Å². The van der Waals surface area contributed by atoms with E-state index in [0.29, 0.717) is 25.7 Å². The molecule has 0 radical (unpaired) electrons. The van der Waals surface area contributed by atoms with Gasteiger partial charge in [0, 0.05) is 54.5 Å². The maximum absolute atomic E-state index is 14.1. The van der Waals surface area contributed by atoms with E-state index < -0.39 is 96.3 Å². The van der Waals surface area contributed by atoms with E-state index in [2.05, 4.69) is 88.9 Å². The zero-order chi connectivity index (χ0) is 89.0. The van der Waals surface area contributed by atoms with Gasteiger partial charge in [0.2, 0.25) is 36.2 Å². The van der Waals surface area contributed by atoms with Gasteiger partial charge in [-0.05, 0) is 89.9 Å². The van der Waals surface area contributed by atoms with Crippen LogP contribution in [0.4, 0.5) is 0 Å². The molecule has 0 spiro atoms. The summed E-state index contributed by atoms with van der Waals surface area (Å²) in [4.78, 5) is 27.4. The lowest BCUT2D eigenvalue weighted by Crippen LogP contribution is -2.66. The number of unbranched alkanes of at least 4 members (excludes halogenated alkanes) is 30. The van der Waals surface area contributed by atoms with Crippen LogP contribution in [0.25, 0.3) is 0 Å². The zero-order valence-corrected chi connectivity index (χ0v) is 80.4. The smallest absolute Gasteiger partial charge is 0.446 e. The number of phosphoric ester groups is 2. The van der Waals surface area contributed by atoms with Gasteiger partial charge >= 0.3 is 15.6 Å². The summed E-state index contributed by atoms with van der Waals surface area (Å²) in [5.74, 6) is -2.09. The quantitative estimate of drug-likeness (QED) is 0.0110. The predicted octanol–water partition coefficient (Wildman–Crippen LogP) is 24.6. The van der Waals surface area contributed by atoms with Gasteiger partial charge in [0.05, 0.1) is 51.8 Å². The van der Waals surface area contributed by atoms with Crippen LogP contribution in [0.1, 0.15) is 297 Å². The van der Waals surface area contributed by atoms with E-state index in [1.54, 1.807) is 14.2 Å². The molecular weight excluding hydrogens is 1710 g/mol. The lowest BCUT2D eigenvalue weighted by atomic mass is 9.96. The Morgan fingerprint density at radius 3 is 0.958 bits per heavy atom. The number of carbonyl (C=O) groups excluding carboxylic acids is 2. The molecule has 2 rings (SSSR count). The number of carbonyl (C=O) groups is 2. The van der Waals surface area contributed by atoms with Crippen molar-refractivity contribution in [3.63, 3.8) is 0 Å². The molecule has 700 valence electrons. The first-order valence-corrected chi connectivity index (χ1v) is 49.7. The highest BCUT2D eigenvalue weighted by molar-refractivity contribution is 7.48. The van der Waals surface area contributed by atoms with Gasteiger partial charge in [0.15, 0.2) is 0 Å². The second-order valence-corrected chi connectivity index (χ2v) is 38.3. The molecule has 0 bridgehead atoms. The Balaban J connectivity index is 0.00000120. The van der Waals surface area contributed by atoms with Crippen LogP contribution in [0.5, 0.6) is 0 Å². The molecular formula is C88H156Cl6N4O20P2. The molecule has 2 fully saturated rings. The first kappa shape index (κ1) is 116. The SMILES string of the molecule is C=CCOP(=O)(OCC=C)OC1C(COC)OC(OC(=N)C(Cl)(Cl)Cl)C(NC(=O)CCCCCCCCC/C=C\CCCCCC)C1OCC[C@@H](CCCCCCC)OC.C=CCOP(=O)(OCC=C)OC1C(COC)OC(OC(=N)C(Cl)(Cl)Cl)C(NC(=O)CCCCCCCCC/C=C\CCCCCC)C1OCC[C@@H](CCCCCCC)OC. The molecule has 2 heterocycles. The third-order valence-corrected chi connectivity index (χ3v) is 24.1. The molecule has 0 aromatic heterocycles. The molecule has 2 saturated heterocycles. The van der Waals surface area contributed by atoms with Crippen LogP contribution in [0, 0.1) is 10.8 Å². The van der Waals surface area contributed by atoms with Crippen LogP contribution < -0.4 is 10.6 Å². The van der Waals surface area contributed by atoms with E-state index in [4.69, 9.17) is 155 Å². The largest absolute Gasteiger partial charge is 0.475 e. The number of alkyl halides is 6. The number of phosphoric acid groups is 2. The van der Waals surface area contributed by atoms with Gasteiger partial charge in [-0.2, -0.15) is 0 Å². The highest BCUT2D eigenvalue weighted by atomic mass is 35.6. The summed E-state index contributed by atoms with van der Waals surface area (Å²) in [7, 11) is -2.42. The Kier molecular flexibility index (Phi) is 71.3. The van der Waals surface area contributed by atoms with Crippen LogP contribution in [0.15, 0.2) is 74.9 Å². The highest BCUT2D eigenvalue weighted by Crippen LogP contribution is 2.54. The number of allylic oxidation sites excluding steroid dienone is 4. The standard InChI is InChI=1S/2C44H78Cl3N2O10P/c2*1-7-11-13-15-16-17-18-19-20-21-22-23-24-26-28-30-38(50)49-39-41(54-34-31-36(53-6)29-27-25-14-12-8-2)40(59-60(51,55-32-9-3)56-33-10-4)37(35-52-5)57-42(39)58-43(48)44(45,46)47/h2*9-10,17-18,36-37,39-42,48H,3-4,7-8,11-16,19-35H2,1-2,5-6H3,(H,49,50)/b2*18-17-,48-43?/t2*36-,37?,39?,40?,41?,42?/m11/s1. The van der Waals surface area contributed by atoms with Crippen molar-refractivity contribution in [1.82, 2.24) is 10.6 Å². The van der Waals surface area contributed by atoms with E-state index in [0.717, 1.165) is 128 Å². The second kappa shape index (κ2) is 73.8. The fourth-order valence-electron chi connectivity index (χ4n) is 13.6. The van der Waals surface area contributed by atoms with Crippen molar-refractivity contribution >= 4 is 109 Å². The summed E-state index contributed by atoms with van der Waals surface area (Å²) in [6.07, 6.45) is 48.9. The molecule has 0 aliphatic carbocycles. The van der Waals surface area contributed by atoms with Gasteiger partial charge < -0.3 is 58.0 Å². The Morgan fingerprint density at radius 1 is 0.408 bits per heavy atom. The molecule has 4 N–H and O–H groups in total. The summed E-state index contributed by atoms with van der Waals surface area (Å²) in [6.45, 7) is 22.9. The molecule has 12 atom stereocenters. The normalized spacial score (nSPS) is 20.3. The van der Waals surface area contributed by atoms with Crippen molar-refractivity contribution in [2.24, 2.45) is 0 Å². The second-order valence-electron chi connectivity index (χ2n) is 30.5. The molecule has 24 nitrogen and oxygen atoms in total. The fraction of sp³-hybridized carbons (Fsp3) is 0.818. The maximum atomic E-state index is 14.1. The minimum Gasteiger partial charge on any atom is -0.446 e. The predicted molar refractivity (Wildman–Crippen MR) is 489 cm³/mol. The average molecular weight is 1860 g/mol. The van der Waals surface area contributed by atoms with Crippen LogP contribution in [0.3, 0.4) is 0 Å². The fourth-order valence-corrected chi connectivity index (χ4v) is 16.5. The lowest BCUT2D eigenvalue weighted by molar-refractivity contribution is -0.256. The lowest BCUT2D eigenvalue weighted by Gasteiger charge is -2.46. The van der Waals surface area contributed by atoms with Gasteiger partial charge in [-0.15, -0.1) is 26.3 Å². The first-order valence-electron chi connectivity index (χ1n) is 44.5. The van der Waals surface area contributed by atoms with Crippen molar-refractivity contribution in [3.8, 4) is 0 Å². The molecule has 10 unspecified atom stereocenters. The Hall–Kier alpha value is -2.04. The summed E-state index contributed by atoms with van der Waals surface area (Å²) >= 11 is 36.2. The third-order valence-electron chi connectivity index (χ3n) is 20.3. The molecule has 0 aromatic carbocycles. The summed E-state index contributed by atoms with van der Waals surface area (Å²) in [6, 6.07) is -2.29. The van der Waals surface area contributed by atoms with E-state index in [-0.39, 0.29) is 89.7 Å². The van der Waals surface area contributed by atoms with Gasteiger partial charge in [0.25, 0.3) is 7.59 Å². The van der Waals surface area contributed by atoms with Crippen LogP contribution in [0.2, 0.25) is 0 Å². The van der Waals surface area contributed by atoms with E-state index in [1.165, 1.54) is 141 Å². The van der Waals surface area contributed by atoms with Crippen LogP contribution in [-0.4, -0.2) is 186 Å². The van der Waals surface area contributed by atoms with Crippen molar-refractivity contribution in [3.05, 3.63) is 74.9 Å². The third kappa shape index (κ3) is 55.6. The van der Waals surface area contributed by atoms with Crippen molar-refractivity contribution < 1.29 is 93.2 Å². The Morgan fingerprint density at radius 2 is 0.683 bits per heavy atom. The van der Waals surface area contributed by atoms with Crippen molar-refractivity contribution in [2.45, 2.75) is 378 Å². The number of halogens is 6.